The third kappa shape index (κ3) is 16.9. The molecule has 17 heteroatoms. The number of nitrogens with zero attached hydrogens (tertiary/aromatic N) is 1. The van der Waals surface area contributed by atoms with Gasteiger partial charge in [-0.25, -0.2) is 4.79 Å². The van der Waals surface area contributed by atoms with Crippen LogP contribution in [-0.2, 0) is 51.0 Å². The summed E-state index contributed by atoms with van der Waals surface area (Å²) in [5, 5.41) is 13.7. The maximum Gasteiger partial charge on any atom is 0.416 e. The van der Waals surface area contributed by atoms with Gasteiger partial charge in [0, 0.05) is 31.6 Å². The average Bonchev–Trinajstić information content (AvgIpc) is 3.17. The molecule has 5 N–H and O–H groups in total. The predicted molar refractivity (Wildman–Crippen MR) is 208 cm³/mol. The number of hydrogen-bond acceptors (Lipinski definition) is 11. The molecule has 5 atom stereocenters. The van der Waals surface area contributed by atoms with E-state index in [-0.39, 0.29) is 81.7 Å². The summed E-state index contributed by atoms with van der Waals surface area (Å²) in [6.45, 7) is 4.92. The SMILES string of the molecule is Cc1cc(CO[C@H]2CCCN(CC(=O)CCCOCCOCCC(=O)CC[C@H](N)C(=O)N[C@@H](C)C(=O)N[C@@H](CS)C(=O)O)[C@H]2c2ccccc2)cc(C(F)(F)F)c1. The predicted octanol–water partition coefficient (Wildman–Crippen LogP) is 4.19. The third-order valence-electron chi connectivity index (χ3n) is 9.39. The summed E-state index contributed by atoms with van der Waals surface area (Å²) < 4.78 is 57.6. The van der Waals surface area contributed by atoms with Crippen molar-refractivity contribution in [2.45, 2.75) is 102 Å². The fourth-order valence-electron chi connectivity index (χ4n) is 6.39. The molecule has 2 aromatic carbocycles. The summed E-state index contributed by atoms with van der Waals surface area (Å²) in [6, 6.07) is 10.1. The van der Waals surface area contributed by atoms with Crippen LogP contribution < -0.4 is 16.4 Å². The summed E-state index contributed by atoms with van der Waals surface area (Å²) >= 11 is 3.87. The number of amides is 2. The van der Waals surface area contributed by atoms with E-state index in [2.05, 4.69) is 28.2 Å². The molecule has 0 spiro atoms. The lowest BCUT2D eigenvalue weighted by Gasteiger charge is -2.41. The highest BCUT2D eigenvalue weighted by Crippen LogP contribution is 2.35. The van der Waals surface area contributed by atoms with Crippen LogP contribution in [0.4, 0.5) is 13.2 Å². The Morgan fingerprint density at radius 3 is 2.32 bits per heavy atom. The van der Waals surface area contributed by atoms with Crippen molar-refractivity contribution < 1.29 is 56.5 Å². The molecule has 1 fully saturated rings. The molecule has 316 valence electrons. The summed E-state index contributed by atoms with van der Waals surface area (Å²) in [5.74, 6) is -2.85. The highest BCUT2D eigenvalue weighted by atomic mass is 32.1. The Kier molecular flexibility index (Phi) is 20.1. The largest absolute Gasteiger partial charge is 0.480 e. The number of aliphatic carboxylic acids is 1. The van der Waals surface area contributed by atoms with Gasteiger partial charge >= 0.3 is 12.1 Å². The maximum atomic E-state index is 13.4. The highest BCUT2D eigenvalue weighted by molar-refractivity contribution is 7.80. The van der Waals surface area contributed by atoms with Crippen LogP contribution >= 0.6 is 12.6 Å². The second kappa shape index (κ2) is 24.1. The molecule has 13 nitrogen and oxygen atoms in total. The first kappa shape index (κ1) is 47.5. The van der Waals surface area contributed by atoms with Crippen molar-refractivity contribution in [2.24, 2.45) is 5.73 Å². The van der Waals surface area contributed by atoms with Crippen molar-refractivity contribution in [1.82, 2.24) is 15.5 Å². The molecule has 0 aromatic heterocycles. The van der Waals surface area contributed by atoms with Gasteiger partial charge in [-0.05, 0) is 69.3 Å². The maximum absolute atomic E-state index is 13.4. The first-order valence-electron chi connectivity index (χ1n) is 19.1. The number of benzene rings is 2. The molecule has 1 aliphatic heterocycles. The van der Waals surface area contributed by atoms with Crippen molar-refractivity contribution in [3.05, 3.63) is 70.8 Å². The first-order chi connectivity index (χ1) is 27.1. The monoisotopic (exact) mass is 824 g/mol. The number of likely N-dealkylation sites (tertiary alicyclic amines) is 1. The Balaban J connectivity index is 1.32. The smallest absolute Gasteiger partial charge is 0.416 e. The Morgan fingerprint density at radius 1 is 0.947 bits per heavy atom. The second-order valence-corrected chi connectivity index (χ2v) is 14.5. The van der Waals surface area contributed by atoms with E-state index < -0.39 is 47.6 Å². The highest BCUT2D eigenvalue weighted by Gasteiger charge is 2.35. The average molecular weight is 825 g/mol. The summed E-state index contributed by atoms with van der Waals surface area (Å²) in [6.07, 6.45) is -2.28. The molecule has 2 amide bonds. The Bertz CT molecular complexity index is 1620. The van der Waals surface area contributed by atoms with Crippen LogP contribution in [-0.4, -0.2) is 109 Å². The number of carbonyl (C=O) groups excluding carboxylic acids is 4. The standard InChI is InChI=1S/C40H55F3N4O9S/c1-26-20-28(22-30(21-26)40(41,42)43)24-56-35-11-6-15-47(36(35)29-8-4-3-5-9-29)23-32(49)10-7-16-54-18-19-55-17-14-31(48)12-13-33(44)38(51)45-27(2)37(50)46-34(25-57)39(52)53/h3-5,8-9,20-22,27,33-36,57H,6-7,10-19,23-25,44H2,1-2H3,(H,45,51)(H,46,50)(H,52,53)/t27-,33-,34-,35-,36-/m0/s1. The van der Waals surface area contributed by atoms with Crippen molar-refractivity contribution in [3.8, 4) is 0 Å². The molecule has 1 aliphatic rings. The number of Topliss-reactive ketones (excluding diaryl/α,β-unsaturated/α-hetero) is 2. The van der Waals surface area contributed by atoms with Gasteiger partial charge in [0.2, 0.25) is 11.8 Å². The van der Waals surface area contributed by atoms with E-state index in [1.165, 1.54) is 6.92 Å². The number of ether oxygens (including phenoxy) is 3. The van der Waals surface area contributed by atoms with E-state index in [1.807, 2.05) is 30.3 Å². The molecule has 1 heterocycles. The van der Waals surface area contributed by atoms with Crippen LogP contribution in [0.3, 0.4) is 0 Å². The number of nitrogens with two attached hydrogens (primary N) is 1. The van der Waals surface area contributed by atoms with Crippen molar-refractivity contribution in [1.29, 1.82) is 0 Å². The number of halogens is 3. The zero-order chi connectivity index (χ0) is 42.0. The minimum atomic E-state index is -4.45. The number of aryl methyl sites for hydroxylation is 1. The van der Waals surface area contributed by atoms with Crippen LogP contribution in [0, 0.1) is 6.92 Å². The zero-order valence-corrected chi connectivity index (χ0v) is 33.3. The van der Waals surface area contributed by atoms with Crippen molar-refractivity contribution >= 4 is 42.0 Å². The van der Waals surface area contributed by atoms with E-state index in [0.29, 0.717) is 43.5 Å². The van der Waals surface area contributed by atoms with Gasteiger partial charge in [0.05, 0.1) is 56.7 Å². The normalized spacial score (nSPS) is 17.7. The van der Waals surface area contributed by atoms with Gasteiger partial charge in [0.15, 0.2) is 0 Å². The molecule has 2 aromatic rings. The summed E-state index contributed by atoms with van der Waals surface area (Å²) in [7, 11) is 0. The molecular formula is C40H55F3N4O9S. The topological polar surface area (TPSA) is 187 Å². The van der Waals surface area contributed by atoms with Gasteiger partial charge in [-0.1, -0.05) is 42.0 Å². The fourth-order valence-corrected chi connectivity index (χ4v) is 6.64. The van der Waals surface area contributed by atoms with Crippen LogP contribution in [0.1, 0.15) is 80.2 Å². The van der Waals surface area contributed by atoms with Gasteiger partial charge in [0.1, 0.15) is 23.7 Å². The number of rotatable bonds is 25. The van der Waals surface area contributed by atoms with Crippen LogP contribution in [0.2, 0.25) is 0 Å². The van der Waals surface area contributed by atoms with Crippen molar-refractivity contribution in [3.63, 3.8) is 0 Å². The molecule has 0 aliphatic carbocycles. The van der Waals surface area contributed by atoms with E-state index in [1.54, 1.807) is 13.0 Å². The Hall–Kier alpha value is -3.87. The van der Waals surface area contributed by atoms with Gasteiger partial charge in [-0.3, -0.25) is 24.1 Å². The Morgan fingerprint density at radius 2 is 1.65 bits per heavy atom. The van der Waals surface area contributed by atoms with E-state index in [4.69, 9.17) is 25.1 Å². The van der Waals surface area contributed by atoms with Crippen LogP contribution in [0.25, 0.3) is 0 Å². The van der Waals surface area contributed by atoms with E-state index >= 15 is 0 Å². The number of alkyl halides is 3. The number of hydrogen-bond donors (Lipinski definition) is 5. The number of carbonyl (C=O) groups is 5. The Labute approximate surface area is 336 Å². The second-order valence-electron chi connectivity index (χ2n) is 14.1. The van der Waals surface area contributed by atoms with E-state index in [9.17, 15) is 37.1 Å². The fraction of sp³-hybridized carbons (Fsp3) is 0.575. The number of nitrogens with one attached hydrogen (secondary N) is 2. The number of carboxylic acids is 1. The number of ketones is 2. The van der Waals surface area contributed by atoms with Gasteiger partial charge in [-0.15, -0.1) is 0 Å². The van der Waals surface area contributed by atoms with Gasteiger partial charge < -0.3 is 35.7 Å². The first-order valence-corrected chi connectivity index (χ1v) is 19.7. The number of thiol groups is 1. The van der Waals surface area contributed by atoms with Crippen LogP contribution in [0.15, 0.2) is 48.5 Å². The van der Waals surface area contributed by atoms with E-state index in [0.717, 1.165) is 24.1 Å². The summed E-state index contributed by atoms with van der Waals surface area (Å²) in [5.41, 5.74) is 7.09. The molecular weight excluding hydrogens is 770 g/mol. The molecule has 0 radical (unpaired) electrons. The molecule has 0 bridgehead atoms. The minimum absolute atomic E-state index is 0.0221. The molecule has 0 unspecified atom stereocenters. The third-order valence-corrected chi connectivity index (χ3v) is 9.76. The molecule has 57 heavy (non-hydrogen) atoms. The summed E-state index contributed by atoms with van der Waals surface area (Å²) in [4.78, 5) is 63.0. The number of piperidine rings is 1. The lowest BCUT2D eigenvalue weighted by molar-refractivity contribution is -0.141. The minimum Gasteiger partial charge on any atom is -0.480 e. The molecule has 3 rings (SSSR count). The quantitative estimate of drug-likeness (QED) is 0.0715. The molecule has 0 saturated carbocycles. The lowest BCUT2D eigenvalue weighted by Crippen LogP contribution is -2.53. The van der Waals surface area contributed by atoms with Gasteiger partial charge in [-0.2, -0.15) is 25.8 Å². The van der Waals surface area contributed by atoms with Gasteiger partial charge in [0.25, 0.3) is 0 Å². The zero-order valence-electron chi connectivity index (χ0n) is 32.4. The van der Waals surface area contributed by atoms with Crippen LogP contribution in [0.5, 0.6) is 0 Å². The lowest BCUT2D eigenvalue weighted by atomic mass is 9.91. The molecule has 1 saturated heterocycles. The number of carboxylic acid groups (broad SMARTS) is 1. The van der Waals surface area contributed by atoms with Crippen molar-refractivity contribution in [2.75, 3.05) is 45.3 Å².